The van der Waals surface area contributed by atoms with Crippen LogP contribution in [-0.4, -0.2) is 74.3 Å². The van der Waals surface area contributed by atoms with Gasteiger partial charge in [-0.1, -0.05) is 54.2 Å². The summed E-state index contributed by atoms with van der Waals surface area (Å²) in [5.41, 5.74) is 0.940. The van der Waals surface area contributed by atoms with Gasteiger partial charge in [0.25, 0.3) is 0 Å². The number of halogens is 3. The van der Waals surface area contributed by atoms with Crippen LogP contribution >= 0.6 is 11.8 Å². The average Bonchev–Trinajstić information content (AvgIpc) is 3.04. The van der Waals surface area contributed by atoms with Crippen LogP contribution < -0.4 is 9.64 Å². The monoisotopic (exact) mass is 635 g/mol. The molecular formula is C35H36F3N3O3S. The Morgan fingerprint density at radius 2 is 1.49 bits per heavy atom. The fraction of sp³-hybridized carbons (Fsp3) is 0.343. The highest BCUT2D eigenvalue weighted by molar-refractivity contribution is 7.99. The molecule has 0 aromatic heterocycles. The Balaban J connectivity index is 0.940. The first-order valence-electron chi connectivity index (χ1n) is 15.3. The fourth-order valence-corrected chi connectivity index (χ4v) is 6.90. The van der Waals surface area contributed by atoms with Gasteiger partial charge in [0.05, 0.1) is 16.9 Å². The standard InChI is InChI=1S/C35H36F3N3O3S/c1-25(44-29-13-11-26-7-2-3-8-27(26)23-29)34(42)43-22-21-40-19-17-39(18-20-40)15-6-16-41-30-9-4-5-10-32(30)45-33-14-12-28(24-31(33)41)35(36,37)38/h2-5,7-14,23-25H,6,15-22H2,1H3. The van der Waals surface area contributed by atoms with E-state index in [4.69, 9.17) is 9.47 Å². The van der Waals surface area contributed by atoms with E-state index in [2.05, 4.69) is 9.80 Å². The molecule has 10 heteroatoms. The van der Waals surface area contributed by atoms with Gasteiger partial charge in [-0.3, -0.25) is 4.90 Å². The van der Waals surface area contributed by atoms with Crippen molar-refractivity contribution in [2.75, 3.05) is 57.3 Å². The van der Waals surface area contributed by atoms with Crippen molar-refractivity contribution in [3.63, 3.8) is 0 Å². The number of alkyl halides is 3. The number of benzene rings is 4. The second-order valence-corrected chi connectivity index (χ2v) is 12.5. The van der Waals surface area contributed by atoms with Crippen LogP contribution in [0.4, 0.5) is 24.5 Å². The van der Waals surface area contributed by atoms with Crippen LogP contribution in [0.1, 0.15) is 18.9 Å². The van der Waals surface area contributed by atoms with E-state index in [1.54, 1.807) is 13.0 Å². The molecule has 0 spiro atoms. The molecule has 0 radical (unpaired) electrons. The van der Waals surface area contributed by atoms with Crippen LogP contribution in [0.3, 0.4) is 0 Å². The maximum Gasteiger partial charge on any atom is 0.416 e. The third kappa shape index (κ3) is 7.57. The summed E-state index contributed by atoms with van der Waals surface area (Å²) >= 11 is 1.51. The van der Waals surface area contributed by atoms with Crippen molar-refractivity contribution in [2.24, 2.45) is 0 Å². The summed E-state index contributed by atoms with van der Waals surface area (Å²) in [5.74, 6) is 0.247. The van der Waals surface area contributed by atoms with Gasteiger partial charge in [-0.05, 0) is 73.1 Å². The first kappa shape index (κ1) is 31.3. The molecule has 2 aliphatic rings. The Hall–Kier alpha value is -3.73. The van der Waals surface area contributed by atoms with Crippen LogP contribution in [0.15, 0.2) is 94.7 Å². The highest BCUT2D eigenvalue weighted by Gasteiger charge is 2.33. The molecule has 0 amide bonds. The molecule has 4 aromatic carbocycles. The zero-order chi connectivity index (χ0) is 31.4. The summed E-state index contributed by atoms with van der Waals surface area (Å²) in [5, 5.41) is 2.16. The quantitative estimate of drug-likeness (QED) is 0.168. The molecule has 1 saturated heterocycles. The molecule has 1 unspecified atom stereocenters. The molecule has 0 saturated carbocycles. The van der Waals surface area contributed by atoms with E-state index < -0.39 is 17.8 Å². The molecule has 0 bridgehead atoms. The summed E-state index contributed by atoms with van der Waals surface area (Å²) in [6, 6.07) is 25.7. The number of carbonyl (C=O) groups is 1. The van der Waals surface area contributed by atoms with Gasteiger partial charge in [-0.15, -0.1) is 0 Å². The van der Waals surface area contributed by atoms with Crippen LogP contribution in [-0.2, 0) is 15.7 Å². The van der Waals surface area contributed by atoms with Gasteiger partial charge in [-0.2, -0.15) is 13.2 Å². The molecule has 1 fully saturated rings. The maximum absolute atomic E-state index is 13.5. The molecule has 2 heterocycles. The lowest BCUT2D eigenvalue weighted by Gasteiger charge is -2.36. The first-order valence-corrected chi connectivity index (χ1v) is 16.1. The van der Waals surface area contributed by atoms with Gasteiger partial charge < -0.3 is 19.3 Å². The van der Waals surface area contributed by atoms with Crippen molar-refractivity contribution in [1.82, 2.24) is 9.80 Å². The van der Waals surface area contributed by atoms with Crippen molar-refractivity contribution >= 4 is 39.9 Å². The first-order chi connectivity index (χ1) is 21.7. The van der Waals surface area contributed by atoms with Crippen molar-refractivity contribution in [2.45, 2.75) is 35.4 Å². The summed E-state index contributed by atoms with van der Waals surface area (Å²) in [6.45, 7) is 7.63. The van der Waals surface area contributed by atoms with E-state index in [9.17, 15) is 18.0 Å². The van der Waals surface area contributed by atoms with Crippen LogP contribution in [0.5, 0.6) is 5.75 Å². The molecular weight excluding hydrogens is 599 g/mol. The number of hydrogen-bond acceptors (Lipinski definition) is 7. The summed E-state index contributed by atoms with van der Waals surface area (Å²) in [4.78, 5) is 21.1. The van der Waals surface area contributed by atoms with Gasteiger partial charge >= 0.3 is 12.1 Å². The normalized spacial score (nSPS) is 16.2. The summed E-state index contributed by atoms with van der Waals surface area (Å²) in [7, 11) is 0. The Labute approximate surface area is 265 Å². The minimum absolute atomic E-state index is 0.302. The van der Waals surface area contributed by atoms with Gasteiger partial charge in [-0.25, -0.2) is 4.79 Å². The number of nitrogens with zero attached hydrogens (tertiary/aromatic N) is 3. The fourth-order valence-electron chi connectivity index (χ4n) is 5.82. The molecule has 45 heavy (non-hydrogen) atoms. The molecule has 0 N–H and O–H groups in total. The summed E-state index contributed by atoms with van der Waals surface area (Å²) < 4.78 is 51.9. The molecule has 0 aliphatic carbocycles. The zero-order valence-corrected chi connectivity index (χ0v) is 25.9. The van der Waals surface area contributed by atoms with Crippen LogP contribution in [0, 0.1) is 0 Å². The minimum atomic E-state index is -4.38. The number of carbonyl (C=O) groups excluding carboxylic acids is 1. The second-order valence-electron chi connectivity index (χ2n) is 11.4. The molecule has 6 rings (SSSR count). The third-order valence-electron chi connectivity index (χ3n) is 8.29. The predicted octanol–water partition coefficient (Wildman–Crippen LogP) is 7.48. The van der Waals surface area contributed by atoms with E-state index >= 15 is 0 Å². The van der Waals surface area contributed by atoms with Gasteiger partial charge in [0, 0.05) is 49.1 Å². The van der Waals surface area contributed by atoms with E-state index in [1.807, 2.05) is 71.6 Å². The number of rotatable bonds is 10. The summed E-state index contributed by atoms with van der Waals surface area (Å²) in [6.07, 6.45) is -4.27. The van der Waals surface area contributed by atoms with Crippen LogP contribution in [0.25, 0.3) is 10.8 Å². The number of ether oxygens (including phenoxy) is 2. The van der Waals surface area contributed by atoms with Crippen molar-refractivity contribution in [3.8, 4) is 5.75 Å². The Morgan fingerprint density at radius 3 is 2.27 bits per heavy atom. The van der Waals surface area contributed by atoms with E-state index in [0.717, 1.165) is 65.4 Å². The van der Waals surface area contributed by atoms with E-state index in [-0.39, 0.29) is 5.97 Å². The van der Waals surface area contributed by atoms with Gasteiger partial charge in [0.2, 0.25) is 0 Å². The molecule has 4 aromatic rings. The van der Waals surface area contributed by atoms with E-state index in [1.165, 1.54) is 23.9 Å². The number of anilines is 2. The van der Waals surface area contributed by atoms with Crippen molar-refractivity contribution in [3.05, 3.63) is 90.5 Å². The lowest BCUT2D eigenvalue weighted by Crippen LogP contribution is -2.48. The van der Waals surface area contributed by atoms with Crippen LogP contribution in [0.2, 0.25) is 0 Å². The molecule has 2 aliphatic heterocycles. The zero-order valence-electron chi connectivity index (χ0n) is 25.1. The largest absolute Gasteiger partial charge is 0.479 e. The van der Waals surface area contributed by atoms with Gasteiger partial charge in [0.1, 0.15) is 12.4 Å². The van der Waals surface area contributed by atoms with Crippen molar-refractivity contribution in [1.29, 1.82) is 0 Å². The highest BCUT2D eigenvalue weighted by Crippen LogP contribution is 2.49. The SMILES string of the molecule is CC(Oc1ccc2ccccc2c1)C(=O)OCCN1CCN(CCCN2c3ccccc3Sc3ccc(C(F)(F)F)cc32)CC1. The average molecular weight is 636 g/mol. The number of fused-ring (bicyclic) bond motifs is 3. The second kappa shape index (κ2) is 13.7. The lowest BCUT2D eigenvalue weighted by atomic mass is 10.1. The topological polar surface area (TPSA) is 45.3 Å². The number of hydrogen-bond donors (Lipinski definition) is 0. The smallest absolute Gasteiger partial charge is 0.416 e. The molecule has 1 atom stereocenters. The number of piperazine rings is 1. The molecule has 236 valence electrons. The highest BCUT2D eigenvalue weighted by atomic mass is 32.2. The Kier molecular flexibility index (Phi) is 9.53. The third-order valence-corrected chi connectivity index (χ3v) is 9.42. The number of para-hydroxylation sites is 1. The van der Waals surface area contributed by atoms with Gasteiger partial charge in [0.15, 0.2) is 6.10 Å². The Bertz CT molecular complexity index is 1640. The minimum Gasteiger partial charge on any atom is -0.479 e. The van der Waals surface area contributed by atoms with E-state index in [0.29, 0.717) is 31.1 Å². The predicted molar refractivity (Wildman–Crippen MR) is 172 cm³/mol. The molecule has 6 nitrogen and oxygen atoms in total. The maximum atomic E-state index is 13.5. The number of esters is 1. The van der Waals surface area contributed by atoms with Crippen molar-refractivity contribution < 1.29 is 27.4 Å². The lowest BCUT2D eigenvalue weighted by molar-refractivity contribution is -0.151. The Morgan fingerprint density at radius 1 is 0.800 bits per heavy atom.